The van der Waals surface area contributed by atoms with Crippen molar-refractivity contribution < 1.29 is 14.8 Å². The lowest BCUT2D eigenvalue weighted by molar-refractivity contribution is -0.111. The van der Waals surface area contributed by atoms with Crippen molar-refractivity contribution in [1.29, 1.82) is 0 Å². The van der Waals surface area contributed by atoms with Gasteiger partial charge >= 0.3 is 7.12 Å². The van der Waals surface area contributed by atoms with Gasteiger partial charge in [0, 0.05) is 23.2 Å². The van der Waals surface area contributed by atoms with Gasteiger partial charge in [0.2, 0.25) is 11.9 Å². The molecule has 0 unspecified atom stereocenters. The first-order valence-electron chi connectivity index (χ1n) is 12.1. The molecule has 0 radical (unpaired) electrons. The van der Waals surface area contributed by atoms with Gasteiger partial charge in [-0.05, 0) is 68.4 Å². The Balaban J connectivity index is 1.52. The van der Waals surface area contributed by atoms with Crippen LogP contribution in [-0.4, -0.2) is 37.6 Å². The number of amides is 1. The molecule has 2 aromatic carbocycles. The van der Waals surface area contributed by atoms with Crippen LogP contribution in [0.1, 0.15) is 35.9 Å². The summed E-state index contributed by atoms with van der Waals surface area (Å²) in [5.74, 6) is 1.21. The number of aryl methyl sites for hydroxylation is 2. The summed E-state index contributed by atoms with van der Waals surface area (Å²) in [5, 5.41) is 26.3. The molecule has 0 saturated carbocycles. The van der Waals surface area contributed by atoms with Crippen LogP contribution in [0.4, 0.5) is 11.5 Å². The van der Waals surface area contributed by atoms with Crippen molar-refractivity contribution >= 4 is 40.9 Å². The molecule has 2 heterocycles. The van der Waals surface area contributed by atoms with E-state index in [0.717, 1.165) is 64.2 Å². The first kappa shape index (κ1) is 23.8. The maximum atomic E-state index is 12.2. The fourth-order valence-corrected chi connectivity index (χ4v) is 4.78. The van der Waals surface area contributed by atoms with E-state index in [1.54, 1.807) is 18.2 Å². The predicted octanol–water partition coefficient (Wildman–Crippen LogP) is 3.02. The summed E-state index contributed by atoms with van der Waals surface area (Å²) in [6.07, 6.45) is 6.05. The molecular weight excluding hydrogens is 453 g/mol. The number of carbonyl (C=O) groups is 1. The maximum absolute atomic E-state index is 12.2. The van der Waals surface area contributed by atoms with Crippen LogP contribution in [0.5, 0.6) is 0 Å². The van der Waals surface area contributed by atoms with Gasteiger partial charge in [-0.3, -0.25) is 9.36 Å². The molecule has 4 aromatic rings. The number of allylic oxidation sites excluding steroid dienone is 1. The van der Waals surface area contributed by atoms with Crippen LogP contribution in [-0.2, 0) is 24.2 Å². The molecule has 0 atom stereocenters. The van der Waals surface area contributed by atoms with Crippen molar-refractivity contribution in [2.45, 2.75) is 39.7 Å². The molecule has 0 saturated heterocycles. The second-order valence-corrected chi connectivity index (χ2v) is 8.97. The Morgan fingerprint density at radius 1 is 1.14 bits per heavy atom. The van der Waals surface area contributed by atoms with Gasteiger partial charge in [0.15, 0.2) is 0 Å². The van der Waals surface area contributed by atoms with Gasteiger partial charge in [-0.2, -0.15) is 4.98 Å². The van der Waals surface area contributed by atoms with E-state index >= 15 is 0 Å². The summed E-state index contributed by atoms with van der Waals surface area (Å²) in [6, 6.07) is 15.0. The molecule has 182 valence electrons. The maximum Gasteiger partial charge on any atom is 0.488 e. The highest BCUT2D eigenvalue weighted by atomic mass is 16.4. The molecule has 0 spiro atoms. The zero-order chi connectivity index (χ0) is 25.2. The molecule has 0 aliphatic heterocycles. The van der Waals surface area contributed by atoms with E-state index in [1.165, 1.54) is 6.08 Å². The number of benzene rings is 2. The lowest BCUT2D eigenvalue weighted by Gasteiger charge is -2.15. The largest absolute Gasteiger partial charge is 0.488 e. The molecule has 1 aliphatic rings. The number of nitrogens with one attached hydrogen (secondary N) is 2. The highest BCUT2D eigenvalue weighted by Gasteiger charge is 2.22. The summed E-state index contributed by atoms with van der Waals surface area (Å²) in [5.41, 5.74) is 6.17. The quantitative estimate of drug-likeness (QED) is 0.239. The average molecular weight is 481 g/mol. The zero-order valence-corrected chi connectivity index (χ0v) is 20.3. The molecule has 0 fully saturated rings. The van der Waals surface area contributed by atoms with Crippen molar-refractivity contribution in [3.63, 3.8) is 0 Å². The number of aromatic nitrogens is 3. The summed E-state index contributed by atoms with van der Waals surface area (Å²) in [6.45, 7) is 4.31. The van der Waals surface area contributed by atoms with E-state index in [9.17, 15) is 14.8 Å². The zero-order valence-electron chi connectivity index (χ0n) is 20.3. The molecule has 4 N–H and O–H groups in total. The Hall–Kier alpha value is -3.95. The van der Waals surface area contributed by atoms with Crippen LogP contribution in [0.2, 0.25) is 0 Å². The van der Waals surface area contributed by atoms with E-state index in [4.69, 9.17) is 9.97 Å². The van der Waals surface area contributed by atoms with Crippen molar-refractivity contribution in [3.8, 4) is 5.95 Å². The summed E-state index contributed by atoms with van der Waals surface area (Å²) >= 11 is 0. The van der Waals surface area contributed by atoms with Gasteiger partial charge in [0.1, 0.15) is 5.82 Å². The van der Waals surface area contributed by atoms with Crippen molar-refractivity contribution in [2.24, 2.45) is 0 Å². The van der Waals surface area contributed by atoms with Gasteiger partial charge < -0.3 is 20.7 Å². The molecule has 5 rings (SSSR count). The van der Waals surface area contributed by atoms with Gasteiger partial charge in [-0.15, -0.1) is 0 Å². The lowest BCUT2D eigenvalue weighted by atomic mass is 9.79. The fourth-order valence-electron chi connectivity index (χ4n) is 4.78. The predicted molar refractivity (Wildman–Crippen MR) is 143 cm³/mol. The number of carbonyl (C=O) groups excluding carboxylic acids is 1. The van der Waals surface area contributed by atoms with Gasteiger partial charge in [-0.1, -0.05) is 36.4 Å². The van der Waals surface area contributed by atoms with Crippen LogP contribution in [0.3, 0.4) is 0 Å². The Bertz CT molecular complexity index is 1480. The Morgan fingerprint density at radius 3 is 2.78 bits per heavy atom. The van der Waals surface area contributed by atoms with Gasteiger partial charge in [0.05, 0.1) is 16.9 Å². The normalized spacial score (nSPS) is 12.8. The standard InChI is InChI=1S/C27H28BN5O3/c1-3-7-25(34)30-23-12-6-13-24-21(23)14-17(2)33(24)27-31-22-11-5-10-20(22)26(32-27)29-16-18-8-4-9-19(15-18)28(35)36/h3-4,6-9,12-15,35-36H,5,10-11,16H2,1-2H3,(H,30,34)(H,29,31,32)/b7-3+. The molecule has 36 heavy (non-hydrogen) atoms. The summed E-state index contributed by atoms with van der Waals surface area (Å²) in [7, 11) is -1.50. The number of fused-ring (bicyclic) bond motifs is 2. The van der Waals surface area contributed by atoms with E-state index in [0.29, 0.717) is 18.0 Å². The van der Waals surface area contributed by atoms with Gasteiger partial charge in [-0.25, -0.2) is 4.98 Å². The minimum atomic E-state index is -1.50. The first-order valence-corrected chi connectivity index (χ1v) is 12.1. The number of hydrogen-bond donors (Lipinski definition) is 4. The van der Waals surface area contributed by atoms with Crippen LogP contribution >= 0.6 is 0 Å². The monoisotopic (exact) mass is 481 g/mol. The third kappa shape index (κ3) is 4.63. The van der Waals surface area contributed by atoms with Gasteiger partial charge in [0.25, 0.3) is 0 Å². The minimum Gasteiger partial charge on any atom is -0.423 e. The molecule has 2 aromatic heterocycles. The van der Waals surface area contributed by atoms with Crippen LogP contribution < -0.4 is 16.1 Å². The van der Waals surface area contributed by atoms with Crippen molar-refractivity contribution in [3.05, 3.63) is 83.2 Å². The molecule has 1 aliphatic carbocycles. The Labute approximate surface area is 209 Å². The van der Waals surface area contributed by atoms with E-state index in [-0.39, 0.29) is 5.91 Å². The van der Waals surface area contributed by atoms with Crippen LogP contribution in [0.25, 0.3) is 16.9 Å². The van der Waals surface area contributed by atoms with Crippen molar-refractivity contribution in [2.75, 3.05) is 10.6 Å². The lowest BCUT2D eigenvalue weighted by Crippen LogP contribution is -2.30. The average Bonchev–Trinajstić information content (AvgIpc) is 3.47. The summed E-state index contributed by atoms with van der Waals surface area (Å²) < 4.78 is 2.02. The molecule has 0 bridgehead atoms. The van der Waals surface area contributed by atoms with Crippen molar-refractivity contribution in [1.82, 2.24) is 14.5 Å². The van der Waals surface area contributed by atoms with E-state index in [2.05, 4.69) is 10.6 Å². The molecular formula is C27H28BN5O3. The van der Waals surface area contributed by atoms with E-state index < -0.39 is 7.12 Å². The molecule has 1 amide bonds. The number of rotatable bonds is 7. The van der Waals surface area contributed by atoms with E-state index in [1.807, 2.05) is 54.8 Å². The van der Waals surface area contributed by atoms with Crippen LogP contribution in [0.15, 0.2) is 60.7 Å². The Morgan fingerprint density at radius 2 is 1.97 bits per heavy atom. The second kappa shape index (κ2) is 9.97. The third-order valence-corrected chi connectivity index (χ3v) is 6.44. The smallest absolute Gasteiger partial charge is 0.423 e. The Kier molecular flexibility index (Phi) is 6.58. The second-order valence-electron chi connectivity index (χ2n) is 8.97. The minimum absolute atomic E-state index is 0.173. The molecule has 9 heteroatoms. The first-order chi connectivity index (χ1) is 17.4. The highest BCUT2D eigenvalue weighted by molar-refractivity contribution is 6.58. The SMILES string of the molecule is C/C=C/C(=O)Nc1cccc2c1cc(C)n2-c1nc2c(c(NCc3cccc(B(O)O)c3)n1)CCC2. The fraction of sp³-hybridized carbons (Fsp3) is 0.222. The van der Waals surface area contributed by atoms with Crippen LogP contribution in [0, 0.1) is 6.92 Å². The number of hydrogen-bond acceptors (Lipinski definition) is 6. The summed E-state index contributed by atoms with van der Waals surface area (Å²) in [4.78, 5) is 22.0. The molecule has 8 nitrogen and oxygen atoms in total. The third-order valence-electron chi connectivity index (χ3n) is 6.44. The number of nitrogens with zero attached hydrogens (tertiary/aromatic N) is 3. The number of anilines is 2. The highest BCUT2D eigenvalue weighted by Crippen LogP contribution is 2.32. The topological polar surface area (TPSA) is 112 Å².